The van der Waals surface area contributed by atoms with Crippen molar-refractivity contribution in [2.45, 2.75) is 64.3 Å². The maximum atomic E-state index is 2.66. The molecule has 0 saturated heterocycles. The van der Waals surface area contributed by atoms with Gasteiger partial charge in [-0.25, -0.2) is 0 Å². The fraction of sp³-hybridized carbons (Fsp3) is 0.600. The molecule has 1 heteroatoms. The summed E-state index contributed by atoms with van der Waals surface area (Å²) in [4.78, 5) is 2.50. The number of rotatable bonds is 2. The van der Waals surface area contributed by atoms with Gasteiger partial charge in [0, 0.05) is 6.04 Å². The fourth-order valence-corrected chi connectivity index (χ4v) is 8.74. The highest BCUT2D eigenvalue weighted by molar-refractivity contribution is 5.95. The van der Waals surface area contributed by atoms with Crippen molar-refractivity contribution in [3.8, 4) is 0 Å². The predicted molar refractivity (Wildman–Crippen MR) is 132 cm³/mol. The van der Waals surface area contributed by atoms with Crippen LogP contribution in [0.5, 0.6) is 0 Å². The van der Waals surface area contributed by atoms with Crippen molar-refractivity contribution >= 4 is 16.3 Å². The lowest BCUT2D eigenvalue weighted by Crippen LogP contribution is -2.49. The summed E-state index contributed by atoms with van der Waals surface area (Å²) in [6, 6.07) is 16.8. The van der Waals surface area contributed by atoms with E-state index in [2.05, 4.69) is 74.5 Å². The van der Waals surface area contributed by atoms with Gasteiger partial charge >= 0.3 is 0 Å². The molecule has 4 aliphatic rings. The standard InChI is InChI=1S/C30H39N/c1-30-18-17-25-24-14-12-22(31(2)3)19-21(24)11-13-27(25)29(30)16-15-28(30)26-10-6-8-20-7-4-5-9-23(20)26/h4-10,15,21-22,24-25,27,29H,11-14,16-19H2,1-3H3/t21-,22-,24-,25+,27+,29-,30+/m0/s1. The smallest absolute Gasteiger partial charge is 0.00920 e. The topological polar surface area (TPSA) is 3.24 Å². The van der Waals surface area contributed by atoms with Gasteiger partial charge in [0.05, 0.1) is 0 Å². The normalized spacial score (nSPS) is 39.7. The lowest BCUT2D eigenvalue weighted by Gasteiger charge is -2.56. The van der Waals surface area contributed by atoms with Crippen LogP contribution in [-0.4, -0.2) is 25.0 Å². The maximum Gasteiger partial charge on any atom is 0.00920 e. The molecule has 31 heavy (non-hydrogen) atoms. The summed E-state index contributed by atoms with van der Waals surface area (Å²) < 4.78 is 0. The highest BCUT2D eigenvalue weighted by atomic mass is 15.1. The molecule has 0 amide bonds. The molecule has 0 bridgehead atoms. The quantitative estimate of drug-likeness (QED) is 0.495. The van der Waals surface area contributed by atoms with E-state index in [1.165, 1.54) is 67.7 Å². The van der Waals surface area contributed by atoms with Gasteiger partial charge in [-0.15, -0.1) is 0 Å². The number of allylic oxidation sites excluding steroid dienone is 2. The molecule has 1 nitrogen and oxygen atoms in total. The third-order valence-corrected chi connectivity index (χ3v) is 10.3. The SMILES string of the molecule is CN(C)[C@H]1CC[C@H]2[C@@H](CC[C@@H]3[C@@H]2CC[C@]2(C)C(c4cccc5ccccc45)=CC[C@@H]32)C1. The van der Waals surface area contributed by atoms with Crippen molar-refractivity contribution in [3.63, 3.8) is 0 Å². The highest BCUT2D eigenvalue weighted by Crippen LogP contribution is 2.64. The third kappa shape index (κ3) is 3.06. The van der Waals surface area contributed by atoms with Crippen molar-refractivity contribution in [1.29, 1.82) is 0 Å². The van der Waals surface area contributed by atoms with E-state index in [1.807, 2.05) is 0 Å². The van der Waals surface area contributed by atoms with Gasteiger partial charge in [0.25, 0.3) is 0 Å². The Kier molecular flexibility index (Phi) is 4.83. The van der Waals surface area contributed by atoms with Crippen LogP contribution in [0.4, 0.5) is 0 Å². The lowest BCUT2D eigenvalue weighted by atomic mass is 9.49. The second kappa shape index (κ2) is 7.48. The lowest BCUT2D eigenvalue weighted by molar-refractivity contribution is -0.0481. The van der Waals surface area contributed by atoms with Crippen LogP contribution in [0.2, 0.25) is 0 Å². The van der Waals surface area contributed by atoms with E-state index >= 15 is 0 Å². The van der Waals surface area contributed by atoms with E-state index in [-0.39, 0.29) is 0 Å². The molecule has 0 aromatic heterocycles. The van der Waals surface area contributed by atoms with Crippen LogP contribution in [0, 0.1) is 35.0 Å². The minimum Gasteiger partial charge on any atom is -0.306 e. The van der Waals surface area contributed by atoms with Gasteiger partial charge in [0.15, 0.2) is 0 Å². The van der Waals surface area contributed by atoms with Gasteiger partial charge in [0.2, 0.25) is 0 Å². The number of fused-ring (bicyclic) bond motifs is 6. The zero-order valence-corrected chi connectivity index (χ0v) is 19.7. The molecule has 0 spiro atoms. The van der Waals surface area contributed by atoms with Crippen molar-refractivity contribution in [2.24, 2.45) is 35.0 Å². The third-order valence-electron chi connectivity index (χ3n) is 10.3. The molecule has 2 aromatic rings. The highest BCUT2D eigenvalue weighted by Gasteiger charge is 2.55. The van der Waals surface area contributed by atoms with Crippen molar-refractivity contribution in [3.05, 3.63) is 54.1 Å². The van der Waals surface area contributed by atoms with Crippen LogP contribution in [0.15, 0.2) is 48.5 Å². The molecule has 0 radical (unpaired) electrons. The first-order chi connectivity index (χ1) is 15.1. The minimum atomic E-state index is 0.374. The largest absolute Gasteiger partial charge is 0.306 e. The summed E-state index contributed by atoms with van der Waals surface area (Å²) in [7, 11) is 4.59. The van der Waals surface area contributed by atoms with Gasteiger partial charge < -0.3 is 4.90 Å². The Bertz CT molecular complexity index is 997. The summed E-state index contributed by atoms with van der Waals surface area (Å²) >= 11 is 0. The van der Waals surface area contributed by atoms with Crippen LogP contribution in [0.3, 0.4) is 0 Å². The number of hydrogen-bond donors (Lipinski definition) is 0. The molecular formula is C30H39N. The van der Waals surface area contributed by atoms with Gasteiger partial charge in [-0.2, -0.15) is 0 Å². The monoisotopic (exact) mass is 413 g/mol. The molecule has 3 saturated carbocycles. The first-order valence-electron chi connectivity index (χ1n) is 12.9. The van der Waals surface area contributed by atoms with Crippen molar-refractivity contribution < 1.29 is 0 Å². The molecule has 0 aliphatic heterocycles. The zero-order chi connectivity index (χ0) is 21.2. The van der Waals surface area contributed by atoms with E-state index in [0.29, 0.717) is 5.41 Å². The molecule has 6 rings (SSSR count). The minimum absolute atomic E-state index is 0.374. The van der Waals surface area contributed by atoms with E-state index < -0.39 is 0 Å². The zero-order valence-electron chi connectivity index (χ0n) is 19.7. The Hall–Kier alpha value is -1.60. The number of nitrogens with zero attached hydrogens (tertiary/aromatic N) is 1. The molecule has 7 atom stereocenters. The van der Waals surface area contributed by atoms with Gasteiger partial charge in [-0.3, -0.25) is 0 Å². The van der Waals surface area contributed by atoms with Gasteiger partial charge in [0.1, 0.15) is 0 Å². The van der Waals surface area contributed by atoms with Crippen LogP contribution in [-0.2, 0) is 0 Å². The first kappa shape index (κ1) is 20.0. The Labute approximate surface area is 188 Å². The Morgan fingerprint density at radius 1 is 0.839 bits per heavy atom. The van der Waals surface area contributed by atoms with Crippen LogP contribution in [0.1, 0.15) is 63.9 Å². The van der Waals surface area contributed by atoms with E-state index in [9.17, 15) is 0 Å². The van der Waals surface area contributed by atoms with Crippen LogP contribution >= 0.6 is 0 Å². The van der Waals surface area contributed by atoms with Crippen LogP contribution < -0.4 is 0 Å². The predicted octanol–water partition coefficient (Wildman–Crippen LogP) is 7.42. The molecule has 164 valence electrons. The van der Waals surface area contributed by atoms with E-state index in [1.54, 1.807) is 5.57 Å². The summed E-state index contributed by atoms with van der Waals surface area (Å²) in [5.41, 5.74) is 3.56. The van der Waals surface area contributed by atoms with E-state index in [0.717, 1.165) is 35.6 Å². The van der Waals surface area contributed by atoms with Crippen molar-refractivity contribution in [2.75, 3.05) is 14.1 Å². The van der Waals surface area contributed by atoms with Gasteiger partial charge in [-0.1, -0.05) is 55.5 Å². The number of hydrogen-bond acceptors (Lipinski definition) is 1. The maximum absolute atomic E-state index is 2.66. The number of benzene rings is 2. The Morgan fingerprint density at radius 3 is 2.52 bits per heavy atom. The molecule has 0 heterocycles. The average molecular weight is 414 g/mol. The second-order valence-electron chi connectivity index (χ2n) is 11.7. The van der Waals surface area contributed by atoms with E-state index in [4.69, 9.17) is 0 Å². The van der Waals surface area contributed by atoms with Gasteiger partial charge in [-0.05, 0) is 122 Å². The molecule has 2 aromatic carbocycles. The molecule has 0 unspecified atom stereocenters. The summed E-state index contributed by atoms with van der Waals surface area (Å²) in [5.74, 6) is 4.84. The Balaban J connectivity index is 1.28. The van der Waals surface area contributed by atoms with Crippen molar-refractivity contribution in [1.82, 2.24) is 4.90 Å². The average Bonchev–Trinajstić information content (AvgIpc) is 3.15. The molecule has 3 fully saturated rings. The second-order valence-corrected chi connectivity index (χ2v) is 11.7. The fourth-order valence-electron chi connectivity index (χ4n) is 8.74. The first-order valence-corrected chi connectivity index (χ1v) is 12.9. The molecular weight excluding hydrogens is 374 g/mol. The summed E-state index contributed by atoms with van der Waals surface area (Å²) in [6.45, 7) is 2.63. The summed E-state index contributed by atoms with van der Waals surface area (Å²) in [6.07, 6.45) is 14.2. The summed E-state index contributed by atoms with van der Waals surface area (Å²) in [5, 5.41) is 2.84. The van der Waals surface area contributed by atoms with Crippen LogP contribution in [0.25, 0.3) is 16.3 Å². The molecule has 0 N–H and O–H groups in total. The molecule has 4 aliphatic carbocycles. The Morgan fingerprint density at radius 2 is 1.65 bits per heavy atom.